The average Bonchev–Trinajstić information content (AvgIpc) is 3.32. The lowest BCUT2D eigenvalue weighted by Gasteiger charge is -2.29. The van der Waals surface area contributed by atoms with Gasteiger partial charge in [-0.1, -0.05) is 48.0 Å². The number of hydrogen-bond acceptors (Lipinski definition) is 5. The van der Waals surface area contributed by atoms with E-state index in [1.165, 1.54) is 11.3 Å². The average molecular weight is 463 g/mol. The van der Waals surface area contributed by atoms with Gasteiger partial charge in [-0.15, -0.1) is 11.3 Å². The van der Waals surface area contributed by atoms with Crippen LogP contribution in [0.15, 0.2) is 57.6 Å². The second-order valence-corrected chi connectivity index (χ2v) is 8.41. The topological polar surface area (TPSA) is 60.9 Å². The number of hydrogen-bond donors (Lipinski definition) is 1. The molecule has 0 aliphatic carbocycles. The number of carbonyl (C=O) groups excluding carboxylic acids is 2. The highest BCUT2D eigenvalue weighted by atomic mass is 79.9. The van der Waals surface area contributed by atoms with Gasteiger partial charge in [0.15, 0.2) is 5.76 Å². The third kappa shape index (κ3) is 4.06. The molecular formula is C21H23BrN2O3S. The van der Waals surface area contributed by atoms with Gasteiger partial charge in [0.1, 0.15) is 0 Å². The van der Waals surface area contributed by atoms with Crippen LogP contribution in [0.25, 0.3) is 0 Å². The predicted molar refractivity (Wildman–Crippen MR) is 115 cm³/mol. The summed E-state index contributed by atoms with van der Waals surface area (Å²) in [5, 5.41) is 12.4. The summed E-state index contributed by atoms with van der Waals surface area (Å²) in [6.07, 6.45) is 0. The largest absolute Gasteiger partial charge is 0.503 e. The van der Waals surface area contributed by atoms with Crippen LogP contribution in [0.1, 0.15) is 35.1 Å². The summed E-state index contributed by atoms with van der Waals surface area (Å²) < 4.78 is 0.912. The number of aliphatic hydroxyl groups is 1. The van der Waals surface area contributed by atoms with Gasteiger partial charge in [-0.05, 0) is 42.2 Å². The number of Topliss-reactive ketones (excluding diaryl/α,β-unsaturated/α-hetero) is 1. The normalized spacial score (nSPS) is 17.1. The van der Waals surface area contributed by atoms with Gasteiger partial charge in [0, 0.05) is 17.6 Å². The zero-order valence-electron chi connectivity index (χ0n) is 15.9. The van der Waals surface area contributed by atoms with Gasteiger partial charge < -0.3 is 14.9 Å². The maximum absolute atomic E-state index is 13.1. The van der Waals surface area contributed by atoms with Crippen molar-refractivity contribution in [3.8, 4) is 0 Å². The van der Waals surface area contributed by atoms with Gasteiger partial charge in [-0.2, -0.15) is 0 Å². The molecule has 0 saturated heterocycles. The van der Waals surface area contributed by atoms with E-state index in [1.807, 2.05) is 29.6 Å². The molecule has 1 aromatic carbocycles. The number of benzene rings is 1. The Balaban J connectivity index is 1.99. The number of ketones is 1. The Labute approximate surface area is 177 Å². The Morgan fingerprint density at radius 1 is 1.21 bits per heavy atom. The van der Waals surface area contributed by atoms with Crippen molar-refractivity contribution in [1.82, 2.24) is 9.80 Å². The van der Waals surface area contributed by atoms with Crippen LogP contribution in [0.3, 0.4) is 0 Å². The number of halogens is 1. The molecule has 28 heavy (non-hydrogen) atoms. The molecule has 3 rings (SSSR count). The quantitative estimate of drug-likeness (QED) is 0.589. The van der Waals surface area contributed by atoms with Crippen molar-refractivity contribution in [2.24, 2.45) is 0 Å². The molecule has 1 aliphatic rings. The Hall–Kier alpha value is -1.96. The number of likely N-dealkylation sites (N-methyl/N-ethyl adjacent to an activating group) is 1. The standard InChI is InChI=1S/C21H23BrN2O3S/c1-3-23(4-2)11-12-24-18(14-7-9-15(22)10-8-14)17(20(26)21(24)27)19(25)16-6-5-13-28-16/h5-10,13,18,26H,3-4,11-12H2,1-2H3. The predicted octanol–water partition coefficient (Wildman–Crippen LogP) is 4.43. The van der Waals surface area contributed by atoms with Gasteiger partial charge in [-0.3, -0.25) is 9.59 Å². The van der Waals surface area contributed by atoms with Crippen molar-refractivity contribution in [1.29, 1.82) is 0 Å². The Morgan fingerprint density at radius 3 is 2.46 bits per heavy atom. The molecule has 2 heterocycles. The van der Waals surface area contributed by atoms with E-state index in [2.05, 4.69) is 34.7 Å². The second-order valence-electron chi connectivity index (χ2n) is 6.55. The summed E-state index contributed by atoms with van der Waals surface area (Å²) >= 11 is 4.73. The van der Waals surface area contributed by atoms with Crippen LogP contribution in [0, 0.1) is 0 Å². The van der Waals surface area contributed by atoms with Crippen LogP contribution < -0.4 is 0 Å². The molecule has 0 bridgehead atoms. The molecule has 7 heteroatoms. The SMILES string of the molecule is CCN(CC)CCN1C(=O)C(O)=C(C(=O)c2cccs2)C1c1ccc(Br)cc1. The lowest BCUT2D eigenvalue weighted by atomic mass is 9.95. The second kappa shape index (κ2) is 9.03. The van der Waals surface area contributed by atoms with Crippen LogP contribution in [0.2, 0.25) is 0 Å². The van der Waals surface area contributed by atoms with Crippen molar-refractivity contribution in [3.05, 3.63) is 68.0 Å². The molecule has 0 radical (unpaired) electrons. The van der Waals surface area contributed by atoms with Gasteiger partial charge >= 0.3 is 0 Å². The minimum atomic E-state index is -0.592. The molecule has 0 spiro atoms. The van der Waals surface area contributed by atoms with Crippen LogP contribution in [0.4, 0.5) is 0 Å². The molecule has 148 valence electrons. The molecule has 1 atom stereocenters. The van der Waals surface area contributed by atoms with Gasteiger partial charge in [-0.25, -0.2) is 0 Å². The smallest absolute Gasteiger partial charge is 0.290 e. The number of carbonyl (C=O) groups is 2. The first-order valence-corrected chi connectivity index (χ1v) is 10.9. The number of amides is 1. The zero-order valence-corrected chi connectivity index (χ0v) is 18.3. The Bertz CT molecular complexity index is 874. The molecule has 1 N–H and O–H groups in total. The van der Waals surface area contributed by atoms with Gasteiger partial charge in [0.25, 0.3) is 5.91 Å². The lowest BCUT2D eigenvalue weighted by molar-refractivity contribution is -0.129. The lowest BCUT2D eigenvalue weighted by Crippen LogP contribution is -2.38. The first kappa shape index (κ1) is 20.8. The number of nitrogens with zero attached hydrogens (tertiary/aromatic N) is 2. The fraction of sp³-hybridized carbons (Fsp3) is 0.333. The summed E-state index contributed by atoms with van der Waals surface area (Å²) in [5.74, 6) is -1.22. The van der Waals surface area contributed by atoms with E-state index >= 15 is 0 Å². The van der Waals surface area contributed by atoms with Crippen molar-refractivity contribution >= 4 is 39.0 Å². The summed E-state index contributed by atoms with van der Waals surface area (Å²) in [6, 6.07) is 10.4. The minimum Gasteiger partial charge on any atom is -0.503 e. The van der Waals surface area contributed by atoms with E-state index in [0.29, 0.717) is 18.0 Å². The highest BCUT2D eigenvalue weighted by Gasteiger charge is 2.43. The molecule has 0 fully saturated rings. The summed E-state index contributed by atoms with van der Waals surface area (Å²) in [4.78, 5) is 30.3. The van der Waals surface area contributed by atoms with Crippen LogP contribution >= 0.6 is 27.3 Å². The highest BCUT2D eigenvalue weighted by Crippen LogP contribution is 2.39. The fourth-order valence-electron chi connectivity index (χ4n) is 3.44. The third-order valence-electron chi connectivity index (χ3n) is 5.03. The Kier molecular flexibility index (Phi) is 6.69. The molecule has 5 nitrogen and oxygen atoms in total. The number of thiophene rings is 1. The monoisotopic (exact) mass is 462 g/mol. The zero-order chi connectivity index (χ0) is 20.3. The van der Waals surface area contributed by atoms with Crippen molar-refractivity contribution in [2.75, 3.05) is 26.2 Å². The summed E-state index contributed by atoms with van der Waals surface area (Å²) in [7, 11) is 0. The van der Waals surface area contributed by atoms with E-state index in [4.69, 9.17) is 0 Å². The molecule has 1 aromatic heterocycles. The molecular weight excluding hydrogens is 440 g/mol. The number of aliphatic hydroxyl groups excluding tert-OH is 1. The van der Waals surface area contributed by atoms with Crippen LogP contribution in [-0.2, 0) is 4.79 Å². The van der Waals surface area contributed by atoms with Gasteiger partial charge in [0.2, 0.25) is 5.78 Å². The highest BCUT2D eigenvalue weighted by molar-refractivity contribution is 9.10. The van der Waals surface area contributed by atoms with E-state index in [9.17, 15) is 14.7 Å². The Morgan fingerprint density at radius 2 is 1.89 bits per heavy atom. The third-order valence-corrected chi connectivity index (χ3v) is 6.43. The van der Waals surface area contributed by atoms with E-state index < -0.39 is 17.7 Å². The molecule has 1 aliphatic heterocycles. The van der Waals surface area contributed by atoms with Crippen molar-refractivity contribution < 1.29 is 14.7 Å². The number of rotatable bonds is 8. The molecule has 1 amide bonds. The first-order chi connectivity index (χ1) is 13.5. The molecule has 1 unspecified atom stereocenters. The maximum atomic E-state index is 13.1. The van der Waals surface area contributed by atoms with E-state index in [-0.39, 0.29) is 11.4 Å². The molecule has 0 saturated carbocycles. The minimum absolute atomic E-state index is 0.161. The van der Waals surface area contributed by atoms with Crippen LogP contribution in [0.5, 0.6) is 0 Å². The van der Waals surface area contributed by atoms with Crippen molar-refractivity contribution in [2.45, 2.75) is 19.9 Å². The maximum Gasteiger partial charge on any atom is 0.290 e. The molecule has 2 aromatic rings. The van der Waals surface area contributed by atoms with Crippen molar-refractivity contribution in [3.63, 3.8) is 0 Å². The van der Waals surface area contributed by atoms with Crippen LogP contribution in [-0.4, -0.2) is 52.8 Å². The first-order valence-electron chi connectivity index (χ1n) is 9.28. The van der Waals surface area contributed by atoms with E-state index in [1.54, 1.807) is 17.0 Å². The summed E-state index contributed by atoms with van der Waals surface area (Å²) in [5.41, 5.74) is 0.967. The van der Waals surface area contributed by atoms with Gasteiger partial charge in [0.05, 0.1) is 16.5 Å². The van der Waals surface area contributed by atoms with E-state index in [0.717, 1.165) is 23.1 Å². The summed E-state index contributed by atoms with van der Waals surface area (Å²) in [6.45, 7) is 7.02. The fourth-order valence-corrected chi connectivity index (χ4v) is 4.38.